The minimum absolute atomic E-state index is 0.889. The molecular weight excluding hydrogens is 693 g/mol. The molecule has 9 aromatic carbocycles. The van der Waals surface area contributed by atoms with Gasteiger partial charge in [0.25, 0.3) is 0 Å². The lowest BCUT2D eigenvalue weighted by molar-refractivity contribution is 0.670. The van der Waals surface area contributed by atoms with E-state index in [4.69, 9.17) is 4.42 Å². The fourth-order valence-corrected chi connectivity index (χ4v) is 8.46. The van der Waals surface area contributed by atoms with Crippen molar-refractivity contribution < 1.29 is 4.42 Å². The largest absolute Gasteiger partial charge is 0.455 e. The van der Waals surface area contributed by atoms with Crippen molar-refractivity contribution in [3.63, 3.8) is 0 Å². The van der Waals surface area contributed by atoms with Gasteiger partial charge in [-0.2, -0.15) is 0 Å². The minimum Gasteiger partial charge on any atom is -0.455 e. The normalized spacial score (nSPS) is 11.5. The molecule has 3 nitrogen and oxygen atoms in total. The van der Waals surface area contributed by atoms with E-state index in [-0.39, 0.29) is 0 Å². The molecule has 0 aliphatic heterocycles. The molecule has 0 fully saturated rings. The molecule has 0 aliphatic rings. The van der Waals surface area contributed by atoms with Crippen molar-refractivity contribution in [2.45, 2.75) is 0 Å². The van der Waals surface area contributed by atoms with Crippen LogP contribution < -0.4 is 4.90 Å². The Hall–Kier alpha value is -7.62. The van der Waals surface area contributed by atoms with Crippen molar-refractivity contribution in [2.24, 2.45) is 0 Å². The van der Waals surface area contributed by atoms with Crippen molar-refractivity contribution in [1.29, 1.82) is 0 Å². The van der Waals surface area contributed by atoms with Gasteiger partial charge in [-0.25, -0.2) is 0 Å². The van der Waals surface area contributed by atoms with E-state index in [2.05, 4.69) is 222 Å². The van der Waals surface area contributed by atoms with Gasteiger partial charge in [-0.15, -0.1) is 0 Å². The van der Waals surface area contributed by atoms with Crippen LogP contribution in [0, 0.1) is 0 Å². The zero-order valence-corrected chi connectivity index (χ0v) is 31.1. The number of rotatable bonds is 7. The fourth-order valence-electron chi connectivity index (χ4n) is 8.46. The third kappa shape index (κ3) is 5.68. The zero-order chi connectivity index (χ0) is 37.7. The molecule has 0 saturated carbocycles. The Labute approximate surface area is 330 Å². The van der Waals surface area contributed by atoms with Crippen molar-refractivity contribution in [2.75, 3.05) is 4.90 Å². The summed E-state index contributed by atoms with van der Waals surface area (Å²) < 4.78 is 8.98. The first-order chi connectivity index (χ1) is 28.3. The molecule has 0 atom stereocenters. The Morgan fingerprint density at radius 3 is 1.44 bits per heavy atom. The molecule has 2 heterocycles. The summed E-state index contributed by atoms with van der Waals surface area (Å²) in [6, 6.07) is 78.0. The first-order valence-electron chi connectivity index (χ1n) is 19.4. The lowest BCUT2D eigenvalue weighted by Gasteiger charge is -2.26. The summed E-state index contributed by atoms with van der Waals surface area (Å²) in [5.41, 5.74) is 15.5. The number of anilines is 3. The Bertz CT molecular complexity index is 3140. The maximum atomic E-state index is 6.62. The van der Waals surface area contributed by atoms with E-state index in [9.17, 15) is 0 Å². The lowest BCUT2D eigenvalue weighted by atomic mass is 9.95. The van der Waals surface area contributed by atoms with Crippen molar-refractivity contribution in [3.05, 3.63) is 218 Å². The van der Waals surface area contributed by atoms with Crippen LogP contribution in [0.2, 0.25) is 0 Å². The average molecular weight is 729 g/mol. The Morgan fingerprint density at radius 1 is 0.333 bits per heavy atom. The summed E-state index contributed by atoms with van der Waals surface area (Å²) in [5.74, 6) is 0. The fraction of sp³-hybridized carbons (Fsp3) is 0. The van der Waals surface area contributed by atoms with Gasteiger partial charge in [0, 0.05) is 49.9 Å². The third-order valence-electron chi connectivity index (χ3n) is 11.2. The predicted octanol–water partition coefficient (Wildman–Crippen LogP) is 15.2. The highest BCUT2D eigenvalue weighted by atomic mass is 16.3. The van der Waals surface area contributed by atoms with Crippen molar-refractivity contribution >= 4 is 60.8 Å². The van der Waals surface area contributed by atoms with Gasteiger partial charge in [-0.05, 0) is 107 Å². The van der Waals surface area contributed by atoms with Gasteiger partial charge >= 0.3 is 0 Å². The van der Waals surface area contributed by atoms with Gasteiger partial charge in [0.2, 0.25) is 0 Å². The number of benzene rings is 9. The molecule has 0 radical (unpaired) electrons. The third-order valence-corrected chi connectivity index (χ3v) is 11.2. The summed E-state index contributed by atoms with van der Waals surface area (Å²) in [7, 11) is 0. The van der Waals surface area contributed by atoms with Gasteiger partial charge in [0.15, 0.2) is 0 Å². The molecule has 11 rings (SSSR count). The number of fused-ring (bicyclic) bond motifs is 6. The maximum Gasteiger partial charge on any atom is 0.143 e. The smallest absolute Gasteiger partial charge is 0.143 e. The molecule has 0 unspecified atom stereocenters. The molecule has 2 aromatic heterocycles. The molecule has 3 heteroatoms. The summed E-state index contributed by atoms with van der Waals surface area (Å²) in [6.07, 6.45) is 0. The topological polar surface area (TPSA) is 21.3 Å². The van der Waals surface area contributed by atoms with E-state index >= 15 is 0 Å². The number of para-hydroxylation sites is 4. The Morgan fingerprint density at radius 2 is 0.807 bits per heavy atom. The lowest BCUT2D eigenvalue weighted by Crippen LogP contribution is -2.09. The van der Waals surface area contributed by atoms with Gasteiger partial charge in [-0.1, -0.05) is 140 Å². The van der Waals surface area contributed by atoms with Crippen LogP contribution in [0.15, 0.2) is 223 Å². The van der Waals surface area contributed by atoms with Crippen LogP contribution in [0.3, 0.4) is 0 Å². The van der Waals surface area contributed by atoms with Crippen LogP contribution in [0.25, 0.3) is 82.8 Å². The predicted molar refractivity (Wildman–Crippen MR) is 239 cm³/mol. The monoisotopic (exact) mass is 728 g/mol. The van der Waals surface area contributed by atoms with E-state index in [0.29, 0.717) is 0 Å². The van der Waals surface area contributed by atoms with E-state index in [0.717, 1.165) is 66.9 Å². The Balaban J connectivity index is 1.000. The summed E-state index contributed by atoms with van der Waals surface area (Å²) >= 11 is 0. The average Bonchev–Trinajstić information content (AvgIpc) is 3.83. The van der Waals surface area contributed by atoms with Crippen LogP contribution in [0.1, 0.15) is 0 Å². The summed E-state index contributed by atoms with van der Waals surface area (Å²) in [5, 5.41) is 4.74. The number of hydrogen-bond acceptors (Lipinski definition) is 2. The molecule has 268 valence electrons. The van der Waals surface area contributed by atoms with Gasteiger partial charge < -0.3 is 13.9 Å². The van der Waals surface area contributed by atoms with Crippen LogP contribution in [-0.2, 0) is 0 Å². The van der Waals surface area contributed by atoms with Crippen LogP contribution in [0.4, 0.5) is 17.1 Å². The van der Waals surface area contributed by atoms with Crippen LogP contribution >= 0.6 is 0 Å². The molecule has 57 heavy (non-hydrogen) atoms. The molecule has 0 aliphatic carbocycles. The second-order valence-electron chi connectivity index (χ2n) is 14.5. The zero-order valence-electron chi connectivity index (χ0n) is 31.1. The highest BCUT2D eigenvalue weighted by molar-refractivity contribution is 6.12. The van der Waals surface area contributed by atoms with Gasteiger partial charge in [0.1, 0.15) is 11.2 Å². The maximum absolute atomic E-state index is 6.62. The van der Waals surface area contributed by atoms with E-state index in [1.165, 1.54) is 32.9 Å². The van der Waals surface area contributed by atoms with Crippen molar-refractivity contribution in [1.82, 2.24) is 4.57 Å². The SMILES string of the molecule is c1ccc(-c2ccc(N(c3ccccc3)c3ccc(-c4cc(-c5ccc(-n6c7ccccc7c7ccccc76)cc5)c5oc6ccccc6c5c4)cc3)cc2)cc1. The van der Waals surface area contributed by atoms with Crippen LogP contribution in [-0.4, -0.2) is 4.57 Å². The summed E-state index contributed by atoms with van der Waals surface area (Å²) in [6.45, 7) is 0. The quantitative estimate of drug-likeness (QED) is 0.163. The molecule has 0 N–H and O–H groups in total. The number of hydrogen-bond donors (Lipinski definition) is 0. The van der Waals surface area contributed by atoms with E-state index < -0.39 is 0 Å². The molecule has 0 spiro atoms. The second kappa shape index (κ2) is 13.6. The van der Waals surface area contributed by atoms with E-state index in [1.54, 1.807) is 0 Å². The van der Waals surface area contributed by atoms with Crippen molar-refractivity contribution in [3.8, 4) is 39.1 Å². The number of nitrogens with zero attached hydrogens (tertiary/aromatic N) is 2. The molecular formula is C54H36N2O. The molecule has 0 bridgehead atoms. The first kappa shape index (κ1) is 32.8. The summed E-state index contributed by atoms with van der Waals surface area (Å²) in [4.78, 5) is 2.31. The van der Waals surface area contributed by atoms with Gasteiger partial charge in [-0.3, -0.25) is 0 Å². The molecule has 0 saturated heterocycles. The highest BCUT2D eigenvalue weighted by Gasteiger charge is 2.18. The molecule has 0 amide bonds. The minimum atomic E-state index is 0.889. The van der Waals surface area contributed by atoms with Crippen LogP contribution in [0.5, 0.6) is 0 Å². The van der Waals surface area contributed by atoms with E-state index in [1.807, 2.05) is 6.07 Å². The first-order valence-corrected chi connectivity index (χ1v) is 19.4. The Kier molecular flexibility index (Phi) is 7.82. The molecule has 11 aromatic rings. The standard InChI is InChI=1S/C54H36N2O/c1-3-13-37(14-4-1)38-23-29-43(30-24-38)55(42-15-5-2-6-16-42)44-31-25-39(26-32-44)41-35-49(54-50(36-41)48-19-9-12-22-53(48)57-54)40-27-33-45(34-28-40)56-51-20-10-7-17-46(51)47-18-8-11-21-52(47)56/h1-36H. The second-order valence-corrected chi connectivity index (χ2v) is 14.5. The number of furan rings is 1. The highest BCUT2D eigenvalue weighted by Crippen LogP contribution is 2.42. The van der Waals surface area contributed by atoms with Gasteiger partial charge in [0.05, 0.1) is 11.0 Å². The number of aromatic nitrogens is 1.